The first-order valence-electron chi connectivity index (χ1n) is 6.60. The molecule has 0 fully saturated rings. The van der Waals surface area contributed by atoms with Gasteiger partial charge in [0.05, 0.1) is 11.9 Å². The largest absolute Gasteiger partial charge is 0.480 e. The maximum Gasteiger partial charge on any atom is 0.412 e. The van der Waals surface area contributed by atoms with Crippen LogP contribution in [0.5, 0.6) is 0 Å². The van der Waals surface area contributed by atoms with Crippen molar-refractivity contribution in [2.24, 2.45) is 5.73 Å². The standard InChI is InChI=1S/C11H18F3N5O3S/c1-7-6-17-19(18-7)9(11(12,13)14)3-5-23(16,22)4-2-8(15)10(20)21/h6,8-9,16H,2-5,15H2,1H3,(H,20,21)/t8-,9?,23?/m0/s1. The molecule has 23 heavy (non-hydrogen) atoms. The highest BCUT2D eigenvalue weighted by Crippen LogP contribution is 2.32. The van der Waals surface area contributed by atoms with Gasteiger partial charge in [-0.2, -0.15) is 28.2 Å². The molecule has 12 heteroatoms. The van der Waals surface area contributed by atoms with Gasteiger partial charge in [-0.1, -0.05) is 0 Å². The molecule has 0 aliphatic carbocycles. The van der Waals surface area contributed by atoms with Gasteiger partial charge in [-0.05, 0) is 19.8 Å². The SMILES string of the molecule is Cc1cnn(C(CCS(=N)(=O)CC[C@H](N)C(=O)O)C(F)(F)F)n1. The van der Waals surface area contributed by atoms with Gasteiger partial charge in [0.25, 0.3) is 0 Å². The highest BCUT2D eigenvalue weighted by Gasteiger charge is 2.42. The van der Waals surface area contributed by atoms with Gasteiger partial charge in [0.2, 0.25) is 0 Å². The van der Waals surface area contributed by atoms with E-state index >= 15 is 0 Å². The van der Waals surface area contributed by atoms with Crippen molar-refractivity contribution < 1.29 is 27.3 Å². The number of nitrogens with two attached hydrogens (primary N) is 1. The Balaban J connectivity index is 2.73. The summed E-state index contributed by atoms with van der Waals surface area (Å²) in [5, 5.41) is 15.7. The lowest BCUT2D eigenvalue weighted by Gasteiger charge is -2.20. The van der Waals surface area contributed by atoms with Crippen molar-refractivity contribution in [2.45, 2.75) is 38.0 Å². The average molecular weight is 357 g/mol. The summed E-state index contributed by atoms with van der Waals surface area (Å²) in [5.41, 5.74) is 5.53. The van der Waals surface area contributed by atoms with Gasteiger partial charge in [0, 0.05) is 21.2 Å². The molecule has 0 aliphatic heterocycles. The number of carboxylic acid groups (broad SMARTS) is 1. The lowest BCUT2D eigenvalue weighted by atomic mass is 10.2. The molecule has 2 unspecified atom stereocenters. The smallest absolute Gasteiger partial charge is 0.412 e. The molecule has 1 heterocycles. The number of alkyl halides is 3. The van der Waals surface area contributed by atoms with Crippen molar-refractivity contribution in [3.63, 3.8) is 0 Å². The topological polar surface area (TPSA) is 135 Å². The quantitative estimate of drug-likeness (QED) is 0.633. The highest BCUT2D eigenvalue weighted by atomic mass is 32.2. The van der Waals surface area contributed by atoms with Crippen LogP contribution in [0.25, 0.3) is 0 Å². The maximum atomic E-state index is 13.1. The van der Waals surface area contributed by atoms with Crippen LogP contribution in [0.15, 0.2) is 6.20 Å². The van der Waals surface area contributed by atoms with Crippen LogP contribution in [0, 0.1) is 11.7 Å². The van der Waals surface area contributed by atoms with Crippen molar-refractivity contribution in [3.8, 4) is 0 Å². The Labute approximate surface area is 130 Å². The summed E-state index contributed by atoms with van der Waals surface area (Å²) in [6.07, 6.45) is -4.36. The van der Waals surface area contributed by atoms with Gasteiger partial charge in [-0.15, -0.1) is 0 Å². The minimum Gasteiger partial charge on any atom is -0.480 e. The van der Waals surface area contributed by atoms with Gasteiger partial charge in [0.1, 0.15) is 6.04 Å². The molecule has 132 valence electrons. The van der Waals surface area contributed by atoms with Gasteiger partial charge in [-0.25, -0.2) is 4.21 Å². The van der Waals surface area contributed by atoms with Crippen LogP contribution < -0.4 is 5.73 Å². The molecule has 0 radical (unpaired) electrons. The molecule has 1 aromatic heterocycles. The summed E-state index contributed by atoms with van der Waals surface area (Å²) < 4.78 is 58.7. The third-order valence-corrected chi connectivity index (χ3v) is 4.87. The number of nitrogens with zero attached hydrogens (tertiary/aromatic N) is 3. The normalized spacial score (nSPS) is 17.4. The predicted molar refractivity (Wildman–Crippen MR) is 75.3 cm³/mol. The summed E-state index contributed by atoms with van der Waals surface area (Å²) >= 11 is 0. The molecular formula is C11H18F3N5O3S. The lowest BCUT2D eigenvalue weighted by Crippen LogP contribution is -2.33. The number of hydrogen-bond acceptors (Lipinski definition) is 6. The molecule has 0 bridgehead atoms. The van der Waals surface area contributed by atoms with Crippen molar-refractivity contribution in [1.82, 2.24) is 15.0 Å². The summed E-state index contributed by atoms with van der Waals surface area (Å²) in [6, 6.07) is -3.38. The van der Waals surface area contributed by atoms with Crippen LogP contribution in [0.3, 0.4) is 0 Å². The molecule has 3 atom stereocenters. The number of halogens is 3. The zero-order chi connectivity index (χ0) is 17.8. The number of carboxylic acids is 1. The van der Waals surface area contributed by atoms with E-state index in [-0.39, 0.29) is 12.2 Å². The van der Waals surface area contributed by atoms with E-state index in [9.17, 15) is 22.2 Å². The molecule has 1 aromatic rings. The van der Waals surface area contributed by atoms with Crippen LogP contribution in [0.4, 0.5) is 13.2 Å². The van der Waals surface area contributed by atoms with E-state index in [1.807, 2.05) is 0 Å². The van der Waals surface area contributed by atoms with Crippen molar-refractivity contribution >= 4 is 15.7 Å². The maximum absolute atomic E-state index is 13.1. The fraction of sp³-hybridized carbons (Fsp3) is 0.727. The first-order chi connectivity index (χ1) is 10.4. The van der Waals surface area contributed by atoms with Gasteiger partial charge < -0.3 is 10.8 Å². The van der Waals surface area contributed by atoms with E-state index in [0.29, 0.717) is 10.5 Å². The zero-order valence-electron chi connectivity index (χ0n) is 12.3. The van der Waals surface area contributed by atoms with Crippen LogP contribution >= 0.6 is 0 Å². The van der Waals surface area contributed by atoms with E-state index in [1.165, 1.54) is 13.1 Å². The minimum atomic E-state index is -4.65. The third kappa shape index (κ3) is 6.14. The Morgan fingerprint density at radius 1 is 1.48 bits per heavy atom. The molecule has 4 N–H and O–H groups in total. The number of aryl methyl sites for hydroxylation is 1. The summed E-state index contributed by atoms with van der Waals surface area (Å²) in [7, 11) is -3.38. The zero-order valence-corrected chi connectivity index (χ0v) is 13.1. The Bertz CT molecular complexity index is 644. The number of carbonyl (C=O) groups is 1. The molecule has 0 amide bonds. The predicted octanol–water partition coefficient (Wildman–Crippen LogP) is 0.929. The van der Waals surface area contributed by atoms with E-state index in [4.69, 9.17) is 15.6 Å². The van der Waals surface area contributed by atoms with Crippen LogP contribution in [-0.4, -0.2) is 54.0 Å². The first-order valence-corrected chi connectivity index (χ1v) is 8.49. The average Bonchev–Trinajstić information content (AvgIpc) is 2.80. The fourth-order valence-corrected chi connectivity index (χ4v) is 3.20. The number of aliphatic carboxylic acids is 1. The molecule has 0 saturated carbocycles. The second-order valence-electron chi connectivity index (χ2n) is 5.11. The summed E-state index contributed by atoms with van der Waals surface area (Å²) in [6.45, 7) is 1.48. The van der Waals surface area contributed by atoms with Gasteiger partial charge in [0.15, 0.2) is 6.04 Å². The van der Waals surface area contributed by atoms with E-state index in [2.05, 4.69) is 10.2 Å². The van der Waals surface area contributed by atoms with Crippen LogP contribution in [0.2, 0.25) is 0 Å². The van der Waals surface area contributed by atoms with Gasteiger partial charge >= 0.3 is 12.1 Å². The lowest BCUT2D eigenvalue weighted by molar-refractivity contribution is -0.173. The van der Waals surface area contributed by atoms with Crippen molar-refractivity contribution in [2.75, 3.05) is 11.5 Å². The van der Waals surface area contributed by atoms with E-state index in [1.54, 1.807) is 0 Å². The number of aromatic nitrogens is 3. The number of nitrogens with one attached hydrogen (secondary N) is 1. The van der Waals surface area contributed by atoms with Crippen molar-refractivity contribution in [3.05, 3.63) is 11.9 Å². The highest BCUT2D eigenvalue weighted by molar-refractivity contribution is 7.92. The molecule has 0 saturated heterocycles. The number of hydrogen-bond donors (Lipinski definition) is 3. The molecule has 0 aliphatic rings. The van der Waals surface area contributed by atoms with Crippen molar-refractivity contribution in [1.29, 1.82) is 4.78 Å². The summed E-state index contributed by atoms with van der Waals surface area (Å²) in [4.78, 5) is 11.0. The second kappa shape index (κ2) is 7.25. The molecule has 0 aromatic carbocycles. The fourth-order valence-electron chi connectivity index (χ4n) is 1.76. The third-order valence-electron chi connectivity index (χ3n) is 3.08. The monoisotopic (exact) mass is 357 g/mol. The van der Waals surface area contributed by atoms with Crippen LogP contribution in [0.1, 0.15) is 24.6 Å². The summed E-state index contributed by atoms with van der Waals surface area (Å²) in [5.74, 6) is -2.25. The van der Waals surface area contributed by atoms with Crippen LogP contribution in [-0.2, 0) is 14.5 Å². The number of rotatable bonds is 8. The second-order valence-corrected chi connectivity index (χ2v) is 7.55. The van der Waals surface area contributed by atoms with E-state index in [0.717, 1.165) is 0 Å². The molecule has 1 rings (SSSR count). The van der Waals surface area contributed by atoms with Gasteiger partial charge in [-0.3, -0.25) is 9.57 Å². The molecule has 8 nitrogen and oxygen atoms in total. The van der Waals surface area contributed by atoms with E-state index < -0.39 is 46.1 Å². The Kier molecular flexibility index (Phi) is 6.11. The Morgan fingerprint density at radius 2 is 2.04 bits per heavy atom. The Morgan fingerprint density at radius 3 is 2.48 bits per heavy atom. The molecule has 0 spiro atoms. The Hall–Kier alpha value is -1.69. The molecular weight excluding hydrogens is 339 g/mol. The first kappa shape index (κ1) is 19.4. The minimum absolute atomic E-state index is 0.243.